The normalized spacial score (nSPS) is 11.9. The van der Waals surface area contributed by atoms with E-state index in [1.165, 1.54) is 9.64 Å². The standard InChI is InChI=1S/C14H13IN2O2/c1-10(11-5-7-12(15)8-6-11)16-13-3-2-4-14(9-13)17(18)19/h2-10,16H,1H3. The van der Waals surface area contributed by atoms with E-state index in [1.54, 1.807) is 12.1 Å². The highest BCUT2D eigenvalue weighted by Crippen LogP contribution is 2.23. The summed E-state index contributed by atoms with van der Waals surface area (Å²) in [6, 6.07) is 14.8. The molecule has 2 aromatic rings. The van der Waals surface area contributed by atoms with E-state index in [0.717, 1.165) is 11.3 Å². The minimum atomic E-state index is -0.388. The summed E-state index contributed by atoms with van der Waals surface area (Å²) < 4.78 is 1.18. The topological polar surface area (TPSA) is 55.2 Å². The molecule has 98 valence electrons. The van der Waals surface area contributed by atoms with Crippen molar-refractivity contribution in [3.05, 3.63) is 67.8 Å². The summed E-state index contributed by atoms with van der Waals surface area (Å²) in [5.74, 6) is 0. The lowest BCUT2D eigenvalue weighted by Crippen LogP contribution is -2.06. The zero-order valence-corrected chi connectivity index (χ0v) is 12.5. The van der Waals surface area contributed by atoms with Gasteiger partial charge in [0.05, 0.1) is 4.92 Å². The molecule has 5 heteroatoms. The Bertz CT molecular complexity index is 584. The van der Waals surface area contributed by atoms with Gasteiger partial charge in [0.25, 0.3) is 5.69 Å². The van der Waals surface area contributed by atoms with Crippen LogP contribution in [0.5, 0.6) is 0 Å². The molecule has 1 unspecified atom stereocenters. The van der Waals surface area contributed by atoms with Crippen molar-refractivity contribution in [1.29, 1.82) is 0 Å². The summed E-state index contributed by atoms with van der Waals surface area (Å²) >= 11 is 2.26. The second-order valence-corrected chi connectivity index (χ2v) is 5.47. The molecule has 0 saturated carbocycles. The highest BCUT2D eigenvalue weighted by molar-refractivity contribution is 14.1. The lowest BCUT2D eigenvalue weighted by molar-refractivity contribution is -0.384. The Morgan fingerprint density at radius 1 is 1.21 bits per heavy atom. The largest absolute Gasteiger partial charge is 0.378 e. The number of nitrogens with zero attached hydrogens (tertiary/aromatic N) is 1. The SMILES string of the molecule is CC(Nc1cccc([N+](=O)[O-])c1)c1ccc(I)cc1. The fourth-order valence-electron chi connectivity index (χ4n) is 1.79. The van der Waals surface area contributed by atoms with Crippen LogP contribution < -0.4 is 5.32 Å². The zero-order valence-electron chi connectivity index (χ0n) is 10.3. The van der Waals surface area contributed by atoms with Crippen molar-refractivity contribution in [2.24, 2.45) is 0 Å². The number of nitro benzene ring substituents is 1. The molecule has 0 heterocycles. The molecule has 0 aliphatic rings. The summed E-state index contributed by atoms with van der Waals surface area (Å²) in [5, 5.41) is 14.0. The highest BCUT2D eigenvalue weighted by Gasteiger charge is 2.09. The minimum Gasteiger partial charge on any atom is -0.378 e. The van der Waals surface area contributed by atoms with Gasteiger partial charge in [0.15, 0.2) is 0 Å². The van der Waals surface area contributed by atoms with Crippen molar-refractivity contribution in [3.8, 4) is 0 Å². The number of nitro groups is 1. The van der Waals surface area contributed by atoms with E-state index in [-0.39, 0.29) is 16.7 Å². The molecular weight excluding hydrogens is 355 g/mol. The smallest absolute Gasteiger partial charge is 0.271 e. The molecule has 2 rings (SSSR count). The van der Waals surface area contributed by atoms with Crippen molar-refractivity contribution in [2.75, 3.05) is 5.32 Å². The number of anilines is 1. The van der Waals surface area contributed by atoms with Crippen molar-refractivity contribution in [2.45, 2.75) is 13.0 Å². The Labute approximate surface area is 125 Å². The zero-order chi connectivity index (χ0) is 13.8. The molecule has 0 fully saturated rings. The molecule has 0 saturated heterocycles. The number of nitrogens with one attached hydrogen (secondary N) is 1. The molecule has 19 heavy (non-hydrogen) atoms. The minimum absolute atomic E-state index is 0.0963. The number of non-ortho nitro benzene ring substituents is 1. The first-order chi connectivity index (χ1) is 9.06. The third-order valence-electron chi connectivity index (χ3n) is 2.81. The van der Waals surface area contributed by atoms with Gasteiger partial charge in [0.1, 0.15) is 0 Å². The van der Waals surface area contributed by atoms with Gasteiger partial charge in [-0.25, -0.2) is 0 Å². The van der Waals surface area contributed by atoms with Gasteiger partial charge in [-0.05, 0) is 53.3 Å². The lowest BCUT2D eigenvalue weighted by atomic mass is 10.1. The third-order valence-corrected chi connectivity index (χ3v) is 3.53. The van der Waals surface area contributed by atoms with Crippen LogP contribution in [0.15, 0.2) is 48.5 Å². The molecular formula is C14H13IN2O2. The Hall–Kier alpha value is -1.63. The van der Waals surface area contributed by atoms with Crippen LogP contribution in [0.25, 0.3) is 0 Å². The van der Waals surface area contributed by atoms with Crippen molar-refractivity contribution in [1.82, 2.24) is 0 Å². The van der Waals surface area contributed by atoms with Gasteiger partial charge in [0.2, 0.25) is 0 Å². The first-order valence-corrected chi connectivity index (χ1v) is 6.90. The highest BCUT2D eigenvalue weighted by atomic mass is 127. The van der Waals surface area contributed by atoms with Gasteiger partial charge in [-0.2, -0.15) is 0 Å². The maximum absolute atomic E-state index is 10.7. The van der Waals surface area contributed by atoms with Crippen LogP contribution in [0.1, 0.15) is 18.5 Å². The fourth-order valence-corrected chi connectivity index (χ4v) is 2.15. The van der Waals surface area contributed by atoms with E-state index < -0.39 is 0 Å². The summed E-state index contributed by atoms with van der Waals surface area (Å²) in [6.45, 7) is 2.03. The summed E-state index contributed by atoms with van der Waals surface area (Å²) in [5.41, 5.74) is 1.99. The summed E-state index contributed by atoms with van der Waals surface area (Å²) in [4.78, 5) is 10.3. The summed E-state index contributed by atoms with van der Waals surface area (Å²) in [7, 11) is 0. The monoisotopic (exact) mass is 368 g/mol. The fraction of sp³-hybridized carbons (Fsp3) is 0.143. The maximum Gasteiger partial charge on any atom is 0.271 e. The van der Waals surface area contributed by atoms with Gasteiger partial charge in [-0.3, -0.25) is 10.1 Å². The molecule has 0 aliphatic carbocycles. The van der Waals surface area contributed by atoms with Crippen LogP contribution in [0.3, 0.4) is 0 Å². The predicted octanol–water partition coefficient (Wildman–Crippen LogP) is 4.37. The molecule has 0 amide bonds. The van der Waals surface area contributed by atoms with Crippen LogP contribution in [0, 0.1) is 13.7 Å². The quantitative estimate of drug-likeness (QED) is 0.495. The van der Waals surface area contributed by atoms with Gasteiger partial charge in [0, 0.05) is 27.4 Å². The number of hydrogen-bond acceptors (Lipinski definition) is 3. The number of halogens is 1. The van der Waals surface area contributed by atoms with E-state index >= 15 is 0 Å². The van der Waals surface area contributed by atoms with Crippen LogP contribution in [0.2, 0.25) is 0 Å². The third kappa shape index (κ3) is 3.66. The second-order valence-electron chi connectivity index (χ2n) is 4.23. The number of benzene rings is 2. The molecule has 0 bridgehead atoms. The predicted molar refractivity (Wildman–Crippen MR) is 84.3 cm³/mol. The van der Waals surface area contributed by atoms with Crippen LogP contribution in [-0.2, 0) is 0 Å². The van der Waals surface area contributed by atoms with E-state index in [1.807, 2.05) is 25.1 Å². The first kappa shape index (κ1) is 13.8. The van der Waals surface area contributed by atoms with E-state index in [9.17, 15) is 10.1 Å². The molecule has 0 radical (unpaired) electrons. The lowest BCUT2D eigenvalue weighted by Gasteiger charge is -2.15. The van der Waals surface area contributed by atoms with Gasteiger partial charge >= 0.3 is 0 Å². The summed E-state index contributed by atoms with van der Waals surface area (Å²) in [6.07, 6.45) is 0. The molecule has 1 atom stereocenters. The molecule has 0 spiro atoms. The van der Waals surface area contributed by atoms with E-state index in [4.69, 9.17) is 0 Å². The Kier molecular flexibility index (Phi) is 4.36. The van der Waals surface area contributed by atoms with Crippen LogP contribution in [-0.4, -0.2) is 4.92 Å². The van der Waals surface area contributed by atoms with E-state index in [0.29, 0.717) is 0 Å². The second kappa shape index (κ2) is 6.01. The number of hydrogen-bond donors (Lipinski definition) is 1. The van der Waals surface area contributed by atoms with Crippen molar-refractivity contribution >= 4 is 34.0 Å². The van der Waals surface area contributed by atoms with Gasteiger partial charge in [-0.15, -0.1) is 0 Å². The molecule has 1 N–H and O–H groups in total. The molecule has 2 aromatic carbocycles. The van der Waals surface area contributed by atoms with Crippen LogP contribution >= 0.6 is 22.6 Å². The maximum atomic E-state index is 10.7. The molecule has 0 aromatic heterocycles. The molecule has 4 nitrogen and oxygen atoms in total. The van der Waals surface area contributed by atoms with Crippen LogP contribution in [0.4, 0.5) is 11.4 Å². The average Bonchev–Trinajstić information content (AvgIpc) is 2.39. The van der Waals surface area contributed by atoms with E-state index in [2.05, 4.69) is 40.0 Å². The first-order valence-electron chi connectivity index (χ1n) is 5.83. The Morgan fingerprint density at radius 3 is 2.53 bits per heavy atom. The number of rotatable bonds is 4. The Balaban J connectivity index is 2.14. The van der Waals surface area contributed by atoms with Gasteiger partial charge < -0.3 is 5.32 Å². The Morgan fingerprint density at radius 2 is 1.89 bits per heavy atom. The average molecular weight is 368 g/mol. The van der Waals surface area contributed by atoms with Gasteiger partial charge in [-0.1, -0.05) is 18.2 Å². The van der Waals surface area contributed by atoms with Crippen molar-refractivity contribution < 1.29 is 4.92 Å². The molecule has 0 aliphatic heterocycles. The van der Waals surface area contributed by atoms with Crippen molar-refractivity contribution in [3.63, 3.8) is 0 Å².